The van der Waals surface area contributed by atoms with E-state index in [2.05, 4.69) is 5.32 Å². The first-order valence-corrected chi connectivity index (χ1v) is 7.25. The molecule has 0 spiro atoms. The second-order valence-electron chi connectivity index (χ2n) is 5.50. The lowest BCUT2D eigenvalue weighted by Crippen LogP contribution is -2.30. The van der Waals surface area contributed by atoms with E-state index in [1.807, 2.05) is 0 Å². The minimum Gasteiger partial charge on any atom is -0.322 e. The monoisotopic (exact) mass is 358 g/mol. The van der Waals surface area contributed by atoms with Crippen LogP contribution in [0.25, 0.3) is 0 Å². The fourth-order valence-corrected chi connectivity index (χ4v) is 2.31. The zero-order valence-electron chi connectivity index (χ0n) is 13.2. The van der Waals surface area contributed by atoms with Crippen molar-refractivity contribution in [3.63, 3.8) is 0 Å². The van der Waals surface area contributed by atoms with Gasteiger partial charge in [-0.05, 0) is 30.8 Å². The maximum absolute atomic E-state index is 13.5. The summed E-state index contributed by atoms with van der Waals surface area (Å²) in [4.78, 5) is 13.2. The third-order valence-electron chi connectivity index (χ3n) is 3.38. The van der Waals surface area contributed by atoms with E-state index in [-0.39, 0.29) is 24.3 Å². The van der Waals surface area contributed by atoms with Crippen molar-refractivity contribution in [2.45, 2.75) is 12.7 Å². The number of hydrogen-bond donors (Lipinski definition) is 1. The molecule has 2 aromatic rings. The molecule has 8 heteroatoms. The minimum atomic E-state index is -4.50. The maximum Gasteiger partial charge on any atom is 0.416 e. The van der Waals surface area contributed by atoms with E-state index in [1.54, 1.807) is 0 Å². The highest BCUT2D eigenvalue weighted by molar-refractivity contribution is 5.92. The summed E-state index contributed by atoms with van der Waals surface area (Å²) in [5.74, 6) is -2.19. The van der Waals surface area contributed by atoms with E-state index in [1.165, 1.54) is 30.1 Å². The molecule has 0 fully saturated rings. The number of hydrogen-bond acceptors (Lipinski definition) is 2. The van der Waals surface area contributed by atoms with Crippen molar-refractivity contribution in [3.05, 3.63) is 65.2 Å². The molecule has 0 aliphatic heterocycles. The van der Waals surface area contributed by atoms with Gasteiger partial charge in [0.1, 0.15) is 11.6 Å². The fraction of sp³-hybridized carbons (Fsp3) is 0.235. The average Bonchev–Trinajstić information content (AvgIpc) is 2.50. The molecule has 0 atom stereocenters. The quantitative estimate of drug-likeness (QED) is 0.818. The van der Waals surface area contributed by atoms with E-state index < -0.39 is 29.3 Å². The molecule has 25 heavy (non-hydrogen) atoms. The lowest BCUT2D eigenvalue weighted by Gasteiger charge is -2.19. The Kier molecular flexibility index (Phi) is 5.73. The second kappa shape index (κ2) is 7.60. The Balaban J connectivity index is 2.02. The van der Waals surface area contributed by atoms with Gasteiger partial charge in [-0.15, -0.1) is 0 Å². The number of nitrogens with one attached hydrogen (secondary N) is 1. The Labute approximate surface area is 141 Å². The third-order valence-corrected chi connectivity index (χ3v) is 3.38. The topological polar surface area (TPSA) is 32.3 Å². The minimum absolute atomic E-state index is 0.0160. The average molecular weight is 358 g/mol. The summed E-state index contributed by atoms with van der Waals surface area (Å²) in [7, 11) is 1.45. The van der Waals surface area contributed by atoms with Crippen molar-refractivity contribution in [1.29, 1.82) is 0 Å². The standard InChI is InChI=1S/C17H15F5N2O/c1-24(9-11-4-2-3-5-13(11)17(20,21)22)10-16(25)23-15-8-12(18)6-7-14(15)19/h2-8H,9-10H2,1H3,(H,23,25). The number of anilines is 1. The Morgan fingerprint density at radius 2 is 1.80 bits per heavy atom. The number of amides is 1. The largest absolute Gasteiger partial charge is 0.416 e. The number of carbonyl (C=O) groups is 1. The maximum atomic E-state index is 13.5. The Morgan fingerprint density at radius 1 is 1.12 bits per heavy atom. The van der Waals surface area contributed by atoms with Crippen LogP contribution in [0.3, 0.4) is 0 Å². The molecule has 2 aromatic carbocycles. The molecule has 0 aliphatic carbocycles. The SMILES string of the molecule is CN(CC(=O)Nc1cc(F)ccc1F)Cc1ccccc1C(F)(F)F. The number of halogens is 5. The van der Waals surface area contributed by atoms with Gasteiger partial charge in [-0.2, -0.15) is 13.2 Å². The van der Waals surface area contributed by atoms with Crippen LogP contribution < -0.4 is 5.32 Å². The van der Waals surface area contributed by atoms with Gasteiger partial charge in [0.15, 0.2) is 0 Å². The predicted octanol–water partition coefficient (Wildman–Crippen LogP) is 4.05. The van der Waals surface area contributed by atoms with Gasteiger partial charge in [-0.25, -0.2) is 8.78 Å². The molecule has 0 aromatic heterocycles. The first-order valence-electron chi connectivity index (χ1n) is 7.25. The summed E-state index contributed by atoms with van der Waals surface area (Å²) < 4.78 is 65.4. The van der Waals surface area contributed by atoms with Crippen LogP contribution in [0.4, 0.5) is 27.6 Å². The van der Waals surface area contributed by atoms with Gasteiger partial charge in [0.2, 0.25) is 5.91 Å². The zero-order chi connectivity index (χ0) is 18.6. The van der Waals surface area contributed by atoms with Crippen molar-refractivity contribution in [2.24, 2.45) is 0 Å². The van der Waals surface area contributed by atoms with Crippen molar-refractivity contribution in [3.8, 4) is 0 Å². The highest BCUT2D eigenvalue weighted by Gasteiger charge is 2.33. The van der Waals surface area contributed by atoms with Crippen molar-refractivity contribution in [1.82, 2.24) is 4.90 Å². The van der Waals surface area contributed by atoms with Crippen LogP contribution in [0.5, 0.6) is 0 Å². The molecule has 2 rings (SSSR count). The van der Waals surface area contributed by atoms with Crippen LogP contribution >= 0.6 is 0 Å². The fourth-order valence-electron chi connectivity index (χ4n) is 2.31. The van der Waals surface area contributed by atoms with E-state index in [9.17, 15) is 26.7 Å². The lowest BCUT2D eigenvalue weighted by atomic mass is 10.1. The van der Waals surface area contributed by atoms with Crippen molar-refractivity contribution >= 4 is 11.6 Å². The van der Waals surface area contributed by atoms with Gasteiger partial charge < -0.3 is 5.32 Å². The van der Waals surface area contributed by atoms with Crippen molar-refractivity contribution in [2.75, 3.05) is 18.9 Å². The van der Waals surface area contributed by atoms with E-state index >= 15 is 0 Å². The number of rotatable bonds is 5. The van der Waals surface area contributed by atoms with E-state index in [0.29, 0.717) is 0 Å². The highest BCUT2D eigenvalue weighted by Crippen LogP contribution is 2.32. The molecule has 3 nitrogen and oxygen atoms in total. The molecule has 0 aliphatic rings. The highest BCUT2D eigenvalue weighted by atomic mass is 19.4. The first-order chi connectivity index (χ1) is 11.7. The molecular formula is C17H15F5N2O. The summed E-state index contributed by atoms with van der Waals surface area (Å²) >= 11 is 0. The number of benzene rings is 2. The van der Waals surface area contributed by atoms with Gasteiger partial charge in [0, 0.05) is 12.6 Å². The van der Waals surface area contributed by atoms with Crippen LogP contribution in [-0.2, 0) is 17.5 Å². The van der Waals surface area contributed by atoms with Crippen molar-refractivity contribution < 1.29 is 26.7 Å². The molecule has 0 bridgehead atoms. The molecule has 134 valence electrons. The Bertz CT molecular complexity index is 761. The molecule has 0 saturated carbocycles. The lowest BCUT2D eigenvalue weighted by molar-refractivity contribution is -0.138. The third kappa shape index (κ3) is 5.25. The normalized spacial score (nSPS) is 11.6. The molecule has 0 heterocycles. The summed E-state index contributed by atoms with van der Waals surface area (Å²) in [5.41, 5.74) is -1.09. The number of nitrogens with zero attached hydrogens (tertiary/aromatic N) is 1. The second-order valence-corrected chi connectivity index (χ2v) is 5.50. The van der Waals surface area contributed by atoms with Crippen LogP contribution in [0.1, 0.15) is 11.1 Å². The van der Waals surface area contributed by atoms with Crippen LogP contribution in [-0.4, -0.2) is 24.4 Å². The smallest absolute Gasteiger partial charge is 0.322 e. The molecular weight excluding hydrogens is 343 g/mol. The van der Waals surface area contributed by atoms with Gasteiger partial charge in [0.25, 0.3) is 0 Å². The Morgan fingerprint density at radius 3 is 2.48 bits per heavy atom. The summed E-state index contributed by atoms with van der Waals surface area (Å²) in [5, 5.41) is 2.19. The first kappa shape index (κ1) is 18.9. The van der Waals surface area contributed by atoms with Gasteiger partial charge in [0.05, 0.1) is 17.8 Å². The van der Waals surface area contributed by atoms with Gasteiger partial charge in [-0.1, -0.05) is 18.2 Å². The molecule has 1 N–H and O–H groups in total. The van der Waals surface area contributed by atoms with Crippen LogP contribution in [0.15, 0.2) is 42.5 Å². The summed E-state index contributed by atoms with van der Waals surface area (Å²) in [6.07, 6.45) is -4.50. The van der Waals surface area contributed by atoms with E-state index in [0.717, 1.165) is 24.3 Å². The molecule has 0 saturated heterocycles. The molecule has 1 amide bonds. The van der Waals surface area contributed by atoms with E-state index in [4.69, 9.17) is 0 Å². The van der Waals surface area contributed by atoms with Gasteiger partial charge >= 0.3 is 6.18 Å². The number of carbonyl (C=O) groups excluding carboxylic acids is 1. The summed E-state index contributed by atoms with van der Waals surface area (Å²) in [6, 6.07) is 7.65. The van der Waals surface area contributed by atoms with Crippen LogP contribution in [0, 0.1) is 11.6 Å². The van der Waals surface area contributed by atoms with Crippen LogP contribution in [0.2, 0.25) is 0 Å². The summed E-state index contributed by atoms with van der Waals surface area (Å²) in [6.45, 7) is -0.420. The molecule has 0 unspecified atom stereocenters. The number of alkyl halides is 3. The Hall–Kier alpha value is -2.48. The van der Waals surface area contributed by atoms with Gasteiger partial charge in [-0.3, -0.25) is 9.69 Å². The number of likely N-dealkylation sites (N-methyl/N-ethyl adjacent to an activating group) is 1. The predicted molar refractivity (Wildman–Crippen MR) is 82.8 cm³/mol. The molecule has 0 radical (unpaired) electrons. The zero-order valence-corrected chi connectivity index (χ0v) is 13.2.